The second-order valence-corrected chi connectivity index (χ2v) is 4.27. The van der Waals surface area contributed by atoms with Crippen molar-refractivity contribution in [2.45, 2.75) is 18.9 Å². The summed E-state index contributed by atoms with van der Waals surface area (Å²) in [5.74, 6) is 3.13. The van der Waals surface area contributed by atoms with Gasteiger partial charge in [-0.25, -0.2) is 4.79 Å². The summed E-state index contributed by atoms with van der Waals surface area (Å²) in [6, 6.07) is 0. The van der Waals surface area contributed by atoms with Crippen molar-refractivity contribution in [1.29, 1.82) is 0 Å². The molecule has 0 amide bonds. The van der Waals surface area contributed by atoms with E-state index in [1.165, 1.54) is 12.8 Å². The highest BCUT2D eigenvalue weighted by molar-refractivity contribution is 6.61. The molecule has 0 aromatic heterocycles. The molecule has 4 saturated carbocycles. The number of hydrogen-bond acceptors (Lipinski definition) is 2. The lowest BCUT2D eigenvalue weighted by atomic mass is 10.1. The maximum Gasteiger partial charge on any atom is 0.404 e. The largest absolute Gasteiger partial charge is 0.450 e. The van der Waals surface area contributed by atoms with E-state index >= 15 is 0 Å². The van der Waals surface area contributed by atoms with Gasteiger partial charge in [-0.1, -0.05) is 0 Å². The van der Waals surface area contributed by atoms with Gasteiger partial charge in [0.25, 0.3) is 0 Å². The van der Waals surface area contributed by atoms with Crippen molar-refractivity contribution < 1.29 is 9.53 Å². The Morgan fingerprint density at radius 2 is 2.00 bits per heavy atom. The summed E-state index contributed by atoms with van der Waals surface area (Å²) in [6.45, 7) is 0. The molecule has 2 unspecified atom stereocenters. The molecule has 3 heteroatoms. The summed E-state index contributed by atoms with van der Waals surface area (Å²) in [5.41, 5.74) is -0.617. The van der Waals surface area contributed by atoms with Crippen LogP contribution < -0.4 is 0 Å². The molecule has 0 aromatic carbocycles. The van der Waals surface area contributed by atoms with Crippen LogP contribution in [0.3, 0.4) is 0 Å². The highest BCUT2D eigenvalue weighted by atomic mass is 35.5. The number of hydrogen-bond donors (Lipinski definition) is 0. The summed E-state index contributed by atoms with van der Waals surface area (Å²) in [7, 11) is 0. The van der Waals surface area contributed by atoms with Gasteiger partial charge in [0, 0.05) is 17.5 Å². The molecule has 0 N–H and O–H groups in total. The second kappa shape index (κ2) is 1.74. The third-order valence-corrected chi connectivity index (χ3v) is 3.71. The summed E-state index contributed by atoms with van der Waals surface area (Å²) in [4.78, 5) is 10.5. The van der Waals surface area contributed by atoms with Crippen LogP contribution in [0.5, 0.6) is 0 Å². The molecule has 4 aliphatic carbocycles. The van der Waals surface area contributed by atoms with Crippen molar-refractivity contribution >= 4 is 17.0 Å². The summed E-state index contributed by atoms with van der Waals surface area (Å²) in [5, 5.41) is 0. The van der Waals surface area contributed by atoms with Gasteiger partial charge in [0.2, 0.25) is 0 Å². The smallest absolute Gasteiger partial charge is 0.404 e. The van der Waals surface area contributed by atoms with E-state index in [0.717, 1.165) is 11.8 Å². The van der Waals surface area contributed by atoms with Crippen LogP contribution in [0, 0.1) is 23.7 Å². The third kappa shape index (κ3) is 0.664. The Kier molecular flexibility index (Phi) is 0.995. The van der Waals surface area contributed by atoms with Crippen LogP contribution in [0.4, 0.5) is 4.79 Å². The fraction of sp³-hybridized carbons (Fsp3) is 0.875. The van der Waals surface area contributed by atoms with Crippen molar-refractivity contribution in [3.05, 3.63) is 0 Å². The molecule has 2 nitrogen and oxygen atoms in total. The molecule has 11 heavy (non-hydrogen) atoms. The first-order valence-corrected chi connectivity index (χ1v) is 4.51. The molecule has 4 aliphatic rings. The maximum atomic E-state index is 10.5. The Morgan fingerprint density at radius 3 is 2.36 bits per heavy atom. The quantitative estimate of drug-likeness (QED) is 0.566. The monoisotopic (exact) mass is 172 g/mol. The highest BCUT2D eigenvalue weighted by Crippen LogP contribution is 2.71. The molecular weight excluding hydrogens is 164 g/mol. The number of halogens is 1. The molecule has 60 valence electrons. The van der Waals surface area contributed by atoms with E-state index in [4.69, 9.17) is 16.3 Å². The van der Waals surface area contributed by atoms with Crippen LogP contribution in [-0.2, 0) is 4.74 Å². The minimum absolute atomic E-state index is 0.190. The summed E-state index contributed by atoms with van der Waals surface area (Å²) in [6.07, 6.45) is 2.75. The standard InChI is InChI=1S/C8H9ClO2/c9-8(10)11-7-3-1-4-5(2-3)6(4)7/h3-7H,1-2H2/t3?,4-,5+,6?,7-/m0/s1. The number of carbonyl (C=O) groups is 1. The summed E-state index contributed by atoms with van der Waals surface area (Å²) < 4.78 is 5.05. The van der Waals surface area contributed by atoms with Gasteiger partial charge in [0.1, 0.15) is 6.10 Å². The fourth-order valence-corrected chi connectivity index (χ4v) is 3.39. The SMILES string of the molecule is O=C(Cl)O[C@H]1C2C[C@@H]3C1[C@@H]3C2. The first-order valence-electron chi connectivity index (χ1n) is 4.13. The lowest BCUT2D eigenvalue weighted by Gasteiger charge is -2.12. The molecule has 0 saturated heterocycles. The van der Waals surface area contributed by atoms with E-state index in [0.29, 0.717) is 11.8 Å². The Labute approximate surface area is 69.9 Å². The molecule has 5 atom stereocenters. The van der Waals surface area contributed by atoms with E-state index in [1.807, 2.05) is 0 Å². The minimum Gasteiger partial charge on any atom is -0.450 e. The first-order chi connectivity index (χ1) is 5.27. The van der Waals surface area contributed by atoms with Crippen molar-refractivity contribution in [2.75, 3.05) is 0 Å². The molecule has 4 bridgehead atoms. The highest BCUT2D eigenvalue weighted by Gasteiger charge is 2.70. The van der Waals surface area contributed by atoms with E-state index in [9.17, 15) is 4.79 Å². The molecular formula is C8H9ClO2. The first kappa shape index (κ1) is 6.30. The van der Waals surface area contributed by atoms with Crippen LogP contribution in [0.2, 0.25) is 0 Å². The van der Waals surface area contributed by atoms with E-state index < -0.39 is 5.43 Å². The van der Waals surface area contributed by atoms with Crippen LogP contribution in [0.15, 0.2) is 0 Å². The van der Waals surface area contributed by atoms with Crippen LogP contribution in [-0.4, -0.2) is 11.5 Å². The van der Waals surface area contributed by atoms with Gasteiger partial charge in [0.15, 0.2) is 0 Å². The Balaban J connectivity index is 1.77. The van der Waals surface area contributed by atoms with Crippen LogP contribution in [0.25, 0.3) is 0 Å². The van der Waals surface area contributed by atoms with Gasteiger partial charge in [0.05, 0.1) is 0 Å². The van der Waals surface area contributed by atoms with Gasteiger partial charge < -0.3 is 4.74 Å². The van der Waals surface area contributed by atoms with E-state index in [2.05, 4.69) is 0 Å². The molecule has 0 heterocycles. The number of rotatable bonds is 1. The predicted molar refractivity (Wildman–Crippen MR) is 39.3 cm³/mol. The maximum absolute atomic E-state index is 10.5. The Bertz CT molecular complexity index is 214. The second-order valence-electron chi connectivity index (χ2n) is 3.96. The minimum atomic E-state index is -0.617. The van der Waals surface area contributed by atoms with Gasteiger partial charge in [-0.05, 0) is 30.6 Å². The average Bonchev–Trinajstić information content (AvgIpc) is 2.30. The lowest BCUT2D eigenvalue weighted by Crippen LogP contribution is -2.18. The zero-order valence-corrected chi connectivity index (χ0v) is 6.75. The Morgan fingerprint density at radius 1 is 1.36 bits per heavy atom. The summed E-state index contributed by atoms with van der Waals surface area (Å²) >= 11 is 5.16. The van der Waals surface area contributed by atoms with Crippen molar-refractivity contribution in [1.82, 2.24) is 0 Å². The molecule has 0 aliphatic heterocycles. The molecule has 4 fully saturated rings. The van der Waals surface area contributed by atoms with E-state index in [1.54, 1.807) is 0 Å². The van der Waals surface area contributed by atoms with Crippen molar-refractivity contribution in [3.8, 4) is 0 Å². The van der Waals surface area contributed by atoms with Gasteiger partial charge in [-0.2, -0.15) is 0 Å². The molecule has 0 radical (unpaired) electrons. The van der Waals surface area contributed by atoms with E-state index in [-0.39, 0.29) is 6.10 Å². The van der Waals surface area contributed by atoms with Gasteiger partial charge in [-0.15, -0.1) is 0 Å². The van der Waals surface area contributed by atoms with Gasteiger partial charge >= 0.3 is 5.43 Å². The van der Waals surface area contributed by atoms with Crippen molar-refractivity contribution in [3.63, 3.8) is 0 Å². The molecule has 4 rings (SSSR count). The zero-order valence-electron chi connectivity index (χ0n) is 6.00. The third-order valence-electron chi connectivity index (χ3n) is 3.62. The topological polar surface area (TPSA) is 26.3 Å². The van der Waals surface area contributed by atoms with Gasteiger partial charge in [-0.3, -0.25) is 0 Å². The number of ether oxygens (including phenoxy) is 1. The normalized spacial score (nSPS) is 56.3. The fourth-order valence-electron chi connectivity index (χ4n) is 3.29. The lowest BCUT2D eigenvalue weighted by molar-refractivity contribution is 0.0972. The van der Waals surface area contributed by atoms with Crippen LogP contribution in [0.1, 0.15) is 12.8 Å². The Hall–Kier alpha value is -0.240. The zero-order chi connectivity index (χ0) is 7.59. The molecule has 0 spiro atoms. The number of carbonyl (C=O) groups excluding carboxylic acids is 1. The predicted octanol–water partition coefficient (Wildman–Crippen LogP) is 2.02. The van der Waals surface area contributed by atoms with Crippen molar-refractivity contribution in [2.24, 2.45) is 23.7 Å². The molecule has 0 aromatic rings. The average molecular weight is 173 g/mol. The van der Waals surface area contributed by atoms with Crippen LogP contribution >= 0.6 is 11.6 Å².